The zero-order chi connectivity index (χ0) is 18.2. The minimum Gasteiger partial charge on any atom is -0.465 e. The molecule has 0 aromatic heterocycles. The van der Waals surface area contributed by atoms with Gasteiger partial charge in [0.25, 0.3) is 5.91 Å². The number of ether oxygens (including phenoxy) is 2. The van der Waals surface area contributed by atoms with Crippen molar-refractivity contribution in [3.8, 4) is 0 Å². The number of amides is 1. The van der Waals surface area contributed by atoms with Crippen molar-refractivity contribution in [2.75, 3.05) is 20.3 Å². The summed E-state index contributed by atoms with van der Waals surface area (Å²) >= 11 is 0. The highest BCUT2D eigenvalue weighted by Gasteiger charge is 2.23. The first-order chi connectivity index (χ1) is 12.0. The van der Waals surface area contributed by atoms with Crippen molar-refractivity contribution in [2.24, 2.45) is 0 Å². The summed E-state index contributed by atoms with van der Waals surface area (Å²) in [4.78, 5) is 37.0. The van der Waals surface area contributed by atoms with E-state index in [4.69, 9.17) is 4.74 Å². The van der Waals surface area contributed by atoms with Gasteiger partial charge in [0.15, 0.2) is 6.61 Å². The van der Waals surface area contributed by atoms with Gasteiger partial charge in [-0.1, -0.05) is 12.1 Å². The largest absolute Gasteiger partial charge is 0.465 e. The second-order valence-corrected chi connectivity index (χ2v) is 5.99. The Balaban J connectivity index is 1.82. The Kier molecular flexibility index (Phi) is 6.74. The topological polar surface area (TPSA) is 72.9 Å². The van der Waals surface area contributed by atoms with Crippen molar-refractivity contribution in [2.45, 2.75) is 32.2 Å². The van der Waals surface area contributed by atoms with Gasteiger partial charge in [0.05, 0.1) is 12.7 Å². The van der Waals surface area contributed by atoms with Crippen LogP contribution in [0.25, 0.3) is 6.08 Å². The number of esters is 2. The van der Waals surface area contributed by atoms with Gasteiger partial charge in [-0.15, -0.1) is 0 Å². The Labute approximate surface area is 147 Å². The molecular weight excluding hydrogens is 322 g/mol. The number of rotatable bonds is 5. The first-order valence-electron chi connectivity index (χ1n) is 8.34. The van der Waals surface area contributed by atoms with Crippen LogP contribution in [0.5, 0.6) is 0 Å². The molecule has 0 unspecified atom stereocenters. The lowest BCUT2D eigenvalue weighted by atomic mass is 10.0. The Morgan fingerprint density at radius 1 is 1.20 bits per heavy atom. The van der Waals surface area contributed by atoms with E-state index in [-0.39, 0.29) is 18.6 Å². The van der Waals surface area contributed by atoms with E-state index in [1.165, 1.54) is 13.2 Å². The molecule has 1 heterocycles. The van der Waals surface area contributed by atoms with E-state index in [1.807, 2.05) is 6.92 Å². The van der Waals surface area contributed by atoms with Crippen LogP contribution in [0.2, 0.25) is 0 Å². The molecule has 1 aromatic rings. The van der Waals surface area contributed by atoms with Crippen LogP contribution in [0.3, 0.4) is 0 Å². The molecule has 6 nitrogen and oxygen atoms in total. The normalized spacial score (nSPS) is 17.4. The molecule has 1 saturated heterocycles. The lowest BCUT2D eigenvalue weighted by molar-refractivity contribution is -0.149. The smallest absolute Gasteiger partial charge is 0.337 e. The number of piperidine rings is 1. The van der Waals surface area contributed by atoms with E-state index >= 15 is 0 Å². The molecule has 25 heavy (non-hydrogen) atoms. The molecule has 0 saturated carbocycles. The summed E-state index contributed by atoms with van der Waals surface area (Å²) in [7, 11) is 1.32. The monoisotopic (exact) mass is 345 g/mol. The maximum absolute atomic E-state index is 12.1. The van der Waals surface area contributed by atoms with Crippen LogP contribution in [-0.4, -0.2) is 49.0 Å². The first kappa shape index (κ1) is 18.7. The Morgan fingerprint density at radius 3 is 2.56 bits per heavy atom. The van der Waals surface area contributed by atoms with E-state index in [9.17, 15) is 14.4 Å². The molecule has 1 aromatic carbocycles. The van der Waals surface area contributed by atoms with Gasteiger partial charge < -0.3 is 14.4 Å². The van der Waals surface area contributed by atoms with E-state index in [1.54, 1.807) is 35.2 Å². The quantitative estimate of drug-likeness (QED) is 0.605. The van der Waals surface area contributed by atoms with Crippen molar-refractivity contribution < 1.29 is 23.9 Å². The molecule has 1 aliphatic heterocycles. The van der Waals surface area contributed by atoms with Gasteiger partial charge in [-0.05, 0) is 50.0 Å². The maximum atomic E-state index is 12.1. The Bertz CT molecular complexity index is 650. The minimum atomic E-state index is -0.574. The van der Waals surface area contributed by atoms with E-state index in [0.29, 0.717) is 5.56 Å². The van der Waals surface area contributed by atoms with Crippen LogP contribution in [0, 0.1) is 0 Å². The first-order valence-corrected chi connectivity index (χ1v) is 8.34. The second-order valence-electron chi connectivity index (χ2n) is 5.99. The van der Waals surface area contributed by atoms with Gasteiger partial charge in [0.2, 0.25) is 0 Å². The van der Waals surface area contributed by atoms with Crippen LogP contribution in [0.15, 0.2) is 30.3 Å². The average Bonchev–Trinajstić information content (AvgIpc) is 2.64. The van der Waals surface area contributed by atoms with Crippen molar-refractivity contribution in [3.05, 3.63) is 41.5 Å². The van der Waals surface area contributed by atoms with Crippen LogP contribution in [0.4, 0.5) is 0 Å². The second kappa shape index (κ2) is 9.01. The summed E-state index contributed by atoms with van der Waals surface area (Å²) in [5.41, 5.74) is 1.17. The highest BCUT2D eigenvalue weighted by atomic mass is 16.5. The third-order valence-electron chi connectivity index (χ3n) is 4.20. The van der Waals surface area contributed by atoms with Gasteiger partial charge in [-0.3, -0.25) is 4.79 Å². The fourth-order valence-electron chi connectivity index (χ4n) is 2.74. The number of hydrogen-bond acceptors (Lipinski definition) is 5. The SMILES string of the molecule is COC(=O)c1ccc(/C=C/C(=O)OCC(=O)N2CCCC[C@@H]2C)cc1. The fourth-order valence-corrected chi connectivity index (χ4v) is 2.74. The third-order valence-corrected chi connectivity index (χ3v) is 4.20. The summed E-state index contributed by atoms with van der Waals surface area (Å²) in [5.74, 6) is -1.15. The molecule has 6 heteroatoms. The molecule has 134 valence electrons. The van der Waals surface area contributed by atoms with Crippen molar-refractivity contribution in [1.82, 2.24) is 4.90 Å². The predicted octanol–water partition coefficient (Wildman–Crippen LogP) is 2.43. The van der Waals surface area contributed by atoms with E-state index in [2.05, 4.69) is 4.74 Å². The fraction of sp³-hybridized carbons (Fsp3) is 0.421. The molecule has 0 spiro atoms. The van der Waals surface area contributed by atoms with E-state index < -0.39 is 11.9 Å². The minimum absolute atomic E-state index is 0.156. The van der Waals surface area contributed by atoms with Crippen LogP contribution in [0.1, 0.15) is 42.1 Å². The molecular formula is C19H23NO5. The van der Waals surface area contributed by atoms with E-state index in [0.717, 1.165) is 31.4 Å². The van der Waals surface area contributed by atoms with Gasteiger partial charge >= 0.3 is 11.9 Å². The Hall–Kier alpha value is -2.63. The average molecular weight is 345 g/mol. The lowest BCUT2D eigenvalue weighted by Gasteiger charge is -2.33. The zero-order valence-corrected chi connectivity index (χ0v) is 14.6. The Morgan fingerprint density at radius 2 is 1.92 bits per heavy atom. The van der Waals surface area contributed by atoms with Crippen molar-refractivity contribution in [1.29, 1.82) is 0 Å². The van der Waals surface area contributed by atoms with Crippen LogP contribution < -0.4 is 0 Å². The summed E-state index contributed by atoms with van der Waals surface area (Å²) < 4.78 is 9.63. The van der Waals surface area contributed by atoms with Gasteiger partial charge in [0, 0.05) is 18.7 Å². The van der Waals surface area contributed by atoms with Crippen molar-refractivity contribution >= 4 is 23.9 Å². The standard InChI is InChI=1S/C19H23NO5/c1-14-5-3-4-12-20(14)17(21)13-25-18(22)11-8-15-6-9-16(10-7-15)19(23)24-2/h6-11,14H,3-5,12-13H2,1-2H3/b11-8+/t14-/m0/s1. The summed E-state index contributed by atoms with van der Waals surface area (Å²) in [5, 5.41) is 0. The molecule has 1 atom stereocenters. The van der Waals surface area contributed by atoms with Crippen LogP contribution in [-0.2, 0) is 19.1 Å². The number of benzene rings is 1. The number of hydrogen-bond donors (Lipinski definition) is 0. The molecule has 2 rings (SSSR count). The van der Waals surface area contributed by atoms with Gasteiger partial charge in [0.1, 0.15) is 0 Å². The highest BCUT2D eigenvalue weighted by molar-refractivity contribution is 5.91. The summed E-state index contributed by atoms with van der Waals surface area (Å²) in [6.07, 6.45) is 5.94. The van der Waals surface area contributed by atoms with Crippen molar-refractivity contribution in [3.63, 3.8) is 0 Å². The predicted molar refractivity (Wildman–Crippen MR) is 92.8 cm³/mol. The van der Waals surface area contributed by atoms with Gasteiger partial charge in [-0.25, -0.2) is 9.59 Å². The summed E-state index contributed by atoms with van der Waals surface area (Å²) in [6.45, 7) is 2.49. The number of likely N-dealkylation sites (tertiary alicyclic amines) is 1. The lowest BCUT2D eigenvalue weighted by Crippen LogP contribution is -2.44. The number of nitrogens with zero attached hydrogens (tertiary/aromatic N) is 1. The number of methoxy groups -OCH3 is 1. The summed E-state index contributed by atoms with van der Waals surface area (Å²) in [6, 6.07) is 6.80. The zero-order valence-electron chi connectivity index (χ0n) is 14.6. The molecule has 0 radical (unpaired) electrons. The number of carbonyl (C=O) groups is 3. The van der Waals surface area contributed by atoms with Crippen LogP contribution >= 0.6 is 0 Å². The third kappa shape index (κ3) is 5.45. The number of carbonyl (C=O) groups excluding carboxylic acids is 3. The maximum Gasteiger partial charge on any atom is 0.337 e. The highest BCUT2D eigenvalue weighted by Crippen LogP contribution is 2.16. The molecule has 0 N–H and O–H groups in total. The molecule has 1 aliphatic rings. The molecule has 1 fully saturated rings. The van der Waals surface area contributed by atoms with Gasteiger partial charge in [-0.2, -0.15) is 0 Å². The molecule has 1 amide bonds. The molecule has 0 bridgehead atoms. The molecule has 0 aliphatic carbocycles.